The molecule has 0 unspecified atom stereocenters. The first kappa shape index (κ1) is 25.5. The minimum absolute atomic E-state index is 0.176. The molecule has 1 amide bonds. The van der Waals surface area contributed by atoms with Gasteiger partial charge >= 0.3 is 12.1 Å². The number of carbonyl (C=O) groups excluding carboxylic acids is 2. The summed E-state index contributed by atoms with van der Waals surface area (Å²) in [4.78, 5) is 33.5. The van der Waals surface area contributed by atoms with Crippen LogP contribution in [0.5, 0.6) is 0 Å². The molecule has 8 heteroatoms. The molecule has 2 N–H and O–H groups in total. The zero-order chi connectivity index (χ0) is 26.8. The second-order valence-corrected chi connectivity index (χ2v) is 9.79. The largest absolute Gasteiger partial charge is 0.461 e. The van der Waals surface area contributed by atoms with Crippen LogP contribution in [0.2, 0.25) is 0 Å². The number of aromatic amines is 1. The molecular weight excluding hydrogens is 546 g/mol. The summed E-state index contributed by atoms with van der Waals surface area (Å²) in [6, 6.07) is 21.2. The summed E-state index contributed by atoms with van der Waals surface area (Å²) in [5.41, 5.74) is 6.55. The molecule has 38 heavy (non-hydrogen) atoms. The average molecular weight is 572 g/mol. The van der Waals surface area contributed by atoms with E-state index in [9.17, 15) is 9.59 Å². The lowest BCUT2D eigenvalue weighted by atomic mass is 9.93. The highest BCUT2D eigenvalue weighted by molar-refractivity contribution is 9.10. The normalized spacial score (nSPS) is 11.1. The maximum Gasteiger partial charge on any atom is 0.411 e. The van der Waals surface area contributed by atoms with Gasteiger partial charge in [0.05, 0.1) is 12.1 Å². The van der Waals surface area contributed by atoms with Gasteiger partial charge in [-0.15, -0.1) is 0 Å². The predicted molar refractivity (Wildman–Crippen MR) is 152 cm³/mol. The number of carbonyl (C=O) groups is 2. The molecule has 2 aromatic heterocycles. The van der Waals surface area contributed by atoms with E-state index in [4.69, 9.17) is 9.47 Å². The molecule has 0 saturated carbocycles. The van der Waals surface area contributed by atoms with Gasteiger partial charge in [0.2, 0.25) is 0 Å². The summed E-state index contributed by atoms with van der Waals surface area (Å²) >= 11 is 3.53. The van der Waals surface area contributed by atoms with Crippen LogP contribution in [0.1, 0.15) is 34.2 Å². The van der Waals surface area contributed by atoms with Crippen molar-refractivity contribution >= 4 is 55.5 Å². The number of pyridine rings is 1. The van der Waals surface area contributed by atoms with E-state index in [0.29, 0.717) is 16.9 Å². The summed E-state index contributed by atoms with van der Waals surface area (Å²) in [6.45, 7) is 6.02. The van der Waals surface area contributed by atoms with E-state index >= 15 is 0 Å². The maximum absolute atomic E-state index is 12.8. The van der Waals surface area contributed by atoms with Crippen molar-refractivity contribution in [1.29, 1.82) is 0 Å². The summed E-state index contributed by atoms with van der Waals surface area (Å²) in [5.74, 6) is -0.480. The Morgan fingerprint density at radius 2 is 1.79 bits per heavy atom. The molecule has 0 aliphatic heterocycles. The molecular formula is C30H26BrN3O4. The van der Waals surface area contributed by atoms with Gasteiger partial charge in [-0.25, -0.2) is 14.6 Å². The van der Waals surface area contributed by atoms with Crippen LogP contribution in [0.15, 0.2) is 71.2 Å². The SMILES string of the molecule is CCOC(=O)c1nc(C)c(-c2cccc(NC(=O)OCc3ccccc3)c2C)c2c1[nH]c1cc(Br)ccc12. The molecule has 0 bridgehead atoms. The number of hydrogen-bond acceptors (Lipinski definition) is 5. The molecule has 0 radical (unpaired) electrons. The Morgan fingerprint density at radius 1 is 1.00 bits per heavy atom. The number of aryl methyl sites for hydroxylation is 1. The van der Waals surface area contributed by atoms with Crippen molar-refractivity contribution in [3.8, 4) is 11.1 Å². The highest BCUT2D eigenvalue weighted by Crippen LogP contribution is 2.40. The molecule has 0 aliphatic rings. The topological polar surface area (TPSA) is 93.3 Å². The maximum atomic E-state index is 12.8. The number of rotatable bonds is 6. The molecule has 0 spiro atoms. The monoisotopic (exact) mass is 571 g/mol. The Kier molecular flexibility index (Phi) is 7.15. The smallest absolute Gasteiger partial charge is 0.411 e. The fraction of sp³-hybridized carbons (Fsp3) is 0.167. The number of halogens is 1. The molecule has 2 heterocycles. The number of amides is 1. The summed E-state index contributed by atoms with van der Waals surface area (Å²) in [7, 11) is 0. The molecule has 5 rings (SSSR count). The zero-order valence-electron chi connectivity index (χ0n) is 21.2. The van der Waals surface area contributed by atoms with Crippen LogP contribution in [0, 0.1) is 13.8 Å². The zero-order valence-corrected chi connectivity index (χ0v) is 22.8. The highest BCUT2D eigenvalue weighted by atomic mass is 79.9. The van der Waals surface area contributed by atoms with Gasteiger partial charge in [0, 0.05) is 37.7 Å². The van der Waals surface area contributed by atoms with Crippen LogP contribution in [0.25, 0.3) is 32.9 Å². The van der Waals surface area contributed by atoms with Crippen molar-refractivity contribution in [2.24, 2.45) is 0 Å². The second kappa shape index (κ2) is 10.7. The average Bonchev–Trinajstić information content (AvgIpc) is 3.27. The number of nitrogens with zero attached hydrogens (tertiary/aromatic N) is 1. The number of ether oxygens (including phenoxy) is 2. The number of benzene rings is 3. The van der Waals surface area contributed by atoms with Crippen LogP contribution >= 0.6 is 15.9 Å². The Labute approximate surface area is 228 Å². The third kappa shape index (κ3) is 4.87. The molecule has 0 saturated heterocycles. The molecule has 0 fully saturated rings. The second-order valence-electron chi connectivity index (χ2n) is 8.87. The van der Waals surface area contributed by atoms with Crippen LogP contribution in [0.3, 0.4) is 0 Å². The van der Waals surface area contributed by atoms with Crippen molar-refractivity contribution in [2.45, 2.75) is 27.4 Å². The predicted octanol–water partition coefficient (Wildman–Crippen LogP) is 7.69. The van der Waals surface area contributed by atoms with Gasteiger partial charge < -0.3 is 14.5 Å². The van der Waals surface area contributed by atoms with E-state index in [-0.39, 0.29) is 18.9 Å². The molecule has 5 aromatic rings. The summed E-state index contributed by atoms with van der Waals surface area (Å²) in [5, 5.41) is 4.70. The third-order valence-corrected chi connectivity index (χ3v) is 6.90. The fourth-order valence-corrected chi connectivity index (χ4v) is 5.02. The standard InChI is InChI=1S/C30H26BrN3O4/c1-4-37-29(35)28-27-26(22-14-13-20(31)15-24(22)33-27)25(18(3)32-28)21-11-8-12-23(17(21)2)34-30(36)38-16-19-9-6-5-7-10-19/h5-15,33H,4,16H2,1-3H3,(H,34,36). The fourth-order valence-electron chi connectivity index (χ4n) is 4.66. The summed E-state index contributed by atoms with van der Waals surface area (Å²) in [6.07, 6.45) is -0.538. The van der Waals surface area contributed by atoms with E-state index in [0.717, 1.165) is 43.0 Å². The van der Waals surface area contributed by atoms with Gasteiger partial charge in [-0.2, -0.15) is 0 Å². The lowest BCUT2D eigenvalue weighted by Gasteiger charge is -2.16. The van der Waals surface area contributed by atoms with Crippen molar-refractivity contribution in [3.63, 3.8) is 0 Å². The van der Waals surface area contributed by atoms with Crippen LogP contribution < -0.4 is 5.32 Å². The highest BCUT2D eigenvalue weighted by Gasteiger charge is 2.24. The molecule has 3 aromatic carbocycles. The first-order valence-corrected chi connectivity index (χ1v) is 13.0. The van der Waals surface area contributed by atoms with E-state index in [1.807, 2.05) is 80.6 Å². The number of fused-ring (bicyclic) bond motifs is 3. The van der Waals surface area contributed by atoms with Crippen LogP contribution in [-0.2, 0) is 16.1 Å². The lowest BCUT2D eigenvalue weighted by Crippen LogP contribution is -2.14. The van der Waals surface area contributed by atoms with Gasteiger partial charge in [-0.1, -0.05) is 64.5 Å². The third-order valence-electron chi connectivity index (χ3n) is 6.41. The number of aromatic nitrogens is 2. The van der Waals surface area contributed by atoms with E-state index < -0.39 is 12.1 Å². The van der Waals surface area contributed by atoms with Gasteiger partial charge in [0.15, 0.2) is 5.69 Å². The van der Waals surface area contributed by atoms with Crippen molar-refractivity contribution < 1.29 is 19.1 Å². The van der Waals surface area contributed by atoms with Crippen LogP contribution in [-0.4, -0.2) is 28.6 Å². The van der Waals surface area contributed by atoms with E-state index in [1.54, 1.807) is 6.92 Å². The van der Waals surface area contributed by atoms with Gasteiger partial charge in [-0.3, -0.25) is 5.32 Å². The first-order valence-electron chi connectivity index (χ1n) is 12.2. The molecule has 0 atom stereocenters. The Balaban J connectivity index is 1.59. The molecule has 0 aliphatic carbocycles. The number of nitrogens with one attached hydrogen (secondary N) is 2. The number of hydrogen-bond donors (Lipinski definition) is 2. The minimum atomic E-state index is -0.538. The van der Waals surface area contributed by atoms with Crippen molar-refractivity contribution in [3.05, 3.63) is 93.7 Å². The van der Waals surface area contributed by atoms with Crippen molar-refractivity contribution in [2.75, 3.05) is 11.9 Å². The quantitative estimate of drug-likeness (QED) is 0.204. The van der Waals surface area contributed by atoms with Gasteiger partial charge in [0.25, 0.3) is 0 Å². The van der Waals surface area contributed by atoms with E-state index in [2.05, 4.69) is 31.2 Å². The van der Waals surface area contributed by atoms with Crippen LogP contribution in [0.4, 0.5) is 10.5 Å². The molecule has 7 nitrogen and oxygen atoms in total. The van der Waals surface area contributed by atoms with E-state index in [1.165, 1.54) is 0 Å². The first-order chi connectivity index (χ1) is 18.4. The van der Waals surface area contributed by atoms with Crippen molar-refractivity contribution in [1.82, 2.24) is 9.97 Å². The Bertz CT molecular complexity index is 1680. The lowest BCUT2D eigenvalue weighted by molar-refractivity contribution is 0.0521. The molecule has 192 valence electrons. The summed E-state index contributed by atoms with van der Waals surface area (Å²) < 4.78 is 11.6. The number of anilines is 1. The van der Waals surface area contributed by atoms with Gasteiger partial charge in [0.1, 0.15) is 6.61 Å². The Hall–Kier alpha value is -4.17. The van der Waals surface area contributed by atoms with Gasteiger partial charge in [-0.05, 0) is 55.7 Å². The number of H-pyrrole nitrogens is 1. The Morgan fingerprint density at radius 3 is 2.55 bits per heavy atom. The minimum Gasteiger partial charge on any atom is -0.461 e. The number of esters is 1.